The third-order valence-corrected chi connectivity index (χ3v) is 1.97. The summed E-state index contributed by atoms with van der Waals surface area (Å²) in [6.07, 6.45) is 1.64. The molecule has 1 atom stereocenters. The number of aliphatic hydroxyl groups is 1. The van der Waals surface area contributed by atoms with Gasteiger partial charge in [-0.3, -0.25) is 0 Å². The van der Waals surface area contributed by atoms with Gasteiger partial charge in [0.05, 0.1) is 12.6 Å². The monoisotopic (exact) mass is 219 g/mol. The first-order chi connectivity index (χ1) is 7.81. The second-order valence-corrected chi connectivity index (χ2v) is 3.08. The highest BCUT2D eigenvalue weighted by Crippen LogP contribution is 2.21. The van der Waals surface area contributed by atoms with Crippen molar-refractivity contribution in [2.75, 3.05) is 13.2 Å². The molecule has 5 heteroatoms. The lowest BCUT2D eigenvalue weighted by molar-refractivity contribution is 0.267. The van der Waals surface area contributed by atoms with Crippen LogP contribution < -0.4 is 4.74 Å². The van der Waals surface area contributed by atoms with Crippen LogP contribution in [0.15, 0.2) is 42.0 Å². The lowest BCUT2D eigenvalue weighted by atomic mass is 10.1. The molecule has 0 spiro atoms. The number of rotatable bonds is 6. The van der Waals surface area contributed by atoms with Gasteiger partial charge in [-0.25, -0.2) is 0 Å². The first-order valence-corrected chi connectivity index (χ1v) is 4.80. The quantitative estimate of drug-likeness (QED) is 0.345. The molecule has 16 heavy (non-hydrogen) atoms. The van der Waals surface area contributed by atoms with E-state index in [1.54, 1.807) is 30.3 Å². The molecule has 0 aliphatic carbocycles. The van der Waals surface area contributed by atoms with Crippen LogP contribution in [-0.2, 0) is 0 Å². The summed E-state index contributed by atoms with van der Waals surface area (Å²) in [5, 5.41) is 12.5. The highest BCUT2D eigenvalue weighted by atomic mass is 16.5. The molecule has 0 heterocycles. The fraction of sp³-hybridized carbons (Fsp3) is 0.273. The average Bonchev–Trinajstić information content (AvgIpc) is 2.33. The first kappa shape index (κ1) is 12.1. The van der Waals surface area contributed by atoms with E-state index in [0.29, 0.717) is 12.4 Å². The molecule has 0 fully saturated rings. The van der Waals surface area contributed by atoms with Crippen LogP contribution in [0.3, 0.4) is 0 Å². The Hall–Kier alpha value is -1.97. The predicted octanol–water partition coefficient (Wildman–Crippen LogP) is 2.60. The molecule has 84 valence electrons. The highest BCUT2D eigenvalue weighted by Gasteiger charge is 2.08. The average molecular weight is 219 g/mol. The van der Waals surface area contributed by atoms with E-state index in [-0.39, 0.29) is 6.61 Å². The minimum Gasteiger partial charge on any atom is -0.490 e. The van der Waals surface area contributed by atoms with Crippen molar-refractivity contribution in [2.45, 2.75) is 6.04 Å². The molecule has 0 aromatic heterocycles. The summed E-state index contributed by atoms with van der Waals surface area (Å²) >= 11 is 0. The van der Waals surface area contributed by atoms with E-state index in [1.807, 2.05) is 0 Å². The van der Waals surface area contributed by atoms with Crippen molar-refractivity contribution in [1.29, 1.82) is 0 Å². The van der Waals surface area contributed by atoms with Gasteiger partial charge in [0.1, 0.15) is 12.4 Å². The maximum Gasteiger partial charge on any atom is 0.120 e. The second kappa shape index (κ2) is 6.50. The van der Waals surface area contributed by atoms with Crippen molar-refractivity contribution in [3.8, 4) is 5.75 Å². The Balaban J connectivity index is 2.87. The highest BCUT2D eigenvalue weighted by molar-refractivity contribution is 5.30. The van der Waals surface area contributed by atoms with Crippen molar-refractivity contribution in [3.63, 3.8) is 0 Å². The van der Waals surface area contributed by atoms with Gasteiger partial charge in [-0.05, 0) is 23.2 Å². The van der Waals surface area contributed by atoms with Gasteiger partial charge >= 0.3 is 0 Å². The normalized spacial score (nSPS) is 11.3. The number of hydrogen-bond acceptors (Lipinski definition) is 3. The minimum absolute atomic E-state index is 0.227. The Morgan fingerprint density at radius 1 is 1.62 bits per heavy atom. The van der Waals surface area contributed by atoms with E-state index in [1.165, 1.54) is 0 Å². The Morgan fingerprint density at radius 2 is 2.44 bits per heavy atom. The fourth-order valence-corrected chi connectivity index (χ4v) is 1.24. The smallest absolute Gasteiger partial charge is 0.120 e. The van der Waals surface area contributed by atoms with Crippen molar-refractivity contribution in [3.05, 3.63) is 52.9 Å². The van der Waals surface area contributed by atoms with Gasteiger partial charge in [-0.15, -0.1) is 0 Å². The van der Waals surface area contributed by atoms with Crippen LogP contribution in [0.1, 0.15) is 11.6 Å². The molecule has 0 saturated heterocycles. The summed E-state index contributed by atoms with van der Waals surface area (Å²) in [5.41, 5.74) is 9.07. The van der Waals surface area contributed by atoms with Crippen molar-refractivity contribution in [2.24, 2.45) is 5.11 Å². The third-order valence-electron chi connectivity index (χ3n) is 1.97. The molecule has 1 aromatic carbocycles. The summed E-state index contributed by atoms with van der Waals surface area (Å²) in [6.45, 7) is 3.73. The largest absolute Gasteiger partial charge is 0.490 e. The van der Waals surface area contributed by atoms with E-state index < -0.39 is 6.04 Å². The fourth-order valence-electron chi connectivity index (χ4n) is 1.24. The zero-order valence-electron chi connectivity index (χ0n) is 8.78. The summed E-state index contributed by atoms with van der Waals surface area (Å²) in [5.74, 6) is 0.656. The Kier molecular flexibility index (Phi) is 4.92. The molecule has 0 aliphatic heterocycles. The van der Waals surface area contributed by atoms with Gasteiger partial charge in [0.2, 0.25) is 0 Å². The van der Waals surface area contributed by atoms with Crippen molar-refractivity contribution < 1.29 is 9.84 Å². The number of hydrogen-bond donors (Lipinski definition) is 1. The van der Waals surface area contributed by atoms with Crippen LogP contribution in [-0.4, -0.2) is 18.3 Å². The van der Waals surface area contributed by atoms with E-state index in [2.05, 4.69) is 16.6 Å². The number of nitrogens with zero attached hydrogens (tertiary/aromatic N) is 3. The molecule has 5 nitrogen and oxygen atoms in total. The van der Waals surface area contributed by atoms with Crippen LogP contribution in [0.2, 0.25) is 0 Å². The standard InChI is InChI=1S/C11H13N3O2/c1-2-6-16-10-5-3-4-9(7-10)11(8-15)13-14-12/h2-5,7,11,15H,1,6,8H2/t11-/m0/s1. The molecule has 0 aliphatic rings. The van der Waals surface area contributed by atoms with Gasteiger partial charge in [-0.2, -0.15) is 0 Å². The second-order valence-electron chi connectivity index (χ2n) is 3.08. The summed E-state index contributed by atoms with van der Waals surface area (Å²) in [7, 11) is 0. The van der Waals surface area contributed by atoms with E-state index in [9.17, 15) is 0 Å². The lowest BCUT2D eigenvalue weighted by Crippen LogP contribution is -2.01. The summed E-state index contributed by atoms with van der Waals surface area (Å²) in [4.78, 5) is 2.68. The lowest BCUT2D eigenvalue weighted by Gasteiger charge is -2.10. The van der Waals surface area contributed by atoms with Gasteiger partial charge in [0.25, 0.3) is 0 Å². The molecule has 0 radical (unpaired) electrons. The van der Waals surface area contributed by atoms with Crippen LogP contribution in [0.5, 0.6) is 5.75 Å². The SMILES string of the molecule is C=CCOc1cccc([C@H](CO)N=[N+]=[N-])c1. The Bertz CT molecular complexity index is 400. The van der Waals surface area contributed by atoms with Crippen molar-refractivity contribution in [1.82, 2.24) is 0 Å². The maximum atomic E-state index is 9.06. The number of benzene rings is 1. The molecule has 1 aromatic rings. The Morgan fingerprint density at radius 3 is 3.06 bits per heavy atom. The molecule has 0 unspecified atom stereocenters. The first-order valence-electron chi connectivity index (χ1n) is 4.80. The third kappa shape index (κ3) is 3.31. The summed E-state index contributed by atoms with van der Waals surface area (Å²) in [6, 6.07) is 6.51. The number of azide groups is 1. The molecule has 0 amide bonds. The van der Waals surface area contributed by atoms with Gasteiger partial charge in [0, 0.05) is 4.91 Å². The van der Waals surface area contributed by atoms with Crippen LogP contribution in [0, 0.1) is 0 Å². The zero-order valence-corrected chi connectivity index (χ0v) is 8.78. The minimum atomic E-state index is -0.572. The van der Waals surface area contributed by atoms with Crippen LogP contribution >= 0.6 is 0 Å². The predicted molar refractivity (Wildman–Crippen MR) is 61.1 cm³/mol. The Labute approximate surface area is 93.6 Å². The van der Waals surface area contributed by atoms with E-state index in [4.69, 9.17) is 15.4 Å². The molecule has 1 rings (SSSR count). The maximum absolute atomic E-state index is 9.06. The zero-order chi connectivity index (χ0) is 11.8. The van der Waals surface area contributed by atoms with Crippen molar-refractivity contribution >= 4 is 0 Å². The van der Waals surface area contributed by atoms with Gasteiger partial charge < -0.3 is 9.84 Å². The van der Waals surface area contributed by atoms with Gasteiger partial charge in [-0.1, -0.05) is 29.9 Å². The molecule has 0 saturated carbocycles. The van der Waals surface area contributed by atoms with Gasteiger partial charge in [0.15, 0.2) is 0 Å². The van der Waals surface area contributed by atoms with E-state index >= 15 is 0 Å². The molecule has 0 bridgehead atoms. The topological polar surface area (TPSA) is 78.2 Å². The van der Waals surface area contributed by atoms with Crippen LogP contribution in [0.25, 0.3) is 10.4 Å². The molecular formula is C11H13N3O2. The van der Waals surface area contributed by atoms with Crippen LogP contribution in [0.4, 0.5) is 0 Å². The summed E-state index contributed by atoms with van der Waals surface area (Å²) < 4.78 is 5.33. The molecule has 1 N–H and O–H groups in total. The molecular weight excluding hydrogens is 206 g/mol. The van der Waals surface area contributed by atoms with E-state index in [0.717, 1.165) is 5.56 Å². The number of aliphatic hydroxyl groups excluding tert-OH is 1. The number of ether oxygens (including phenoxy) is 1.